The Labute approximate surface area is 137 Å². The minimum Gasteiger partial charge on any atom is -0.307 e. The number of aryl methyl sites for hydroxylation is 2. The molecule has 1 atom stereocenters. The number of Topliss-reactive ketones (excluding diaryl/α,β-unsaturated/α-hetero) is 1. The molecule has 5 heteroatoms. The highest BCUT2D eigenvalue weighted by molar-refractivity contribution is 6.27. The van der Waals surface area contributed by atoms with E-state index in [4.69, 9.17) is 0 Å². The van der Waals surface area contributed by atoms with Crippen molar-refractivity contribution in [3.8, 4) is 0 Å². The minimum absolute atomic E-state index is 0.387. The summed E-state index contributed by atoms with van der Waals surface area (Å²) < 4.78 is 0. The Kier molecular flexibility index (Phi) is 4.90. The van der Waals surface area contributed by atoms with Gasteiger partial charge in [-0.1, -0.05) is 6.07 Å². The van der Waals surface area contributed by atoms with E-state index in [1.807, 2.05) is 46.8 Å². The number of nitrogens with one attached hydrogen (secondary N) is 3. The van der Waals surface area contributed by atoms with Crippen LogP contribution in [0, 0.1) is 19.8 Å². The summed E-state index contributed by atoms with van der Waals surface area (Å²) in [7, 11) is 0. The van der Waals surface area contributed by atoms with Crippen LogP contribution >= 0.6 is 0 Å². The number of allylic oxidation sites excluding steroid dienone is 1. The molecule has 0 amide bonds. The van der Waals surface area contributed by atoms with Crippen LogP contribution in [0.2, 0.25) is 0 Å². The number of carbonyl (C=O) groups excluding carboxylic acids is 2. The van der Waals surface area contributed by atoms with Gasteiger partial charge in [-0.05, 0) is 63.5 Å². The third kappa shape index (κ3) is 3.79. The molecule has 0 bridgehead atoms. The molecule has 1 heterocycles. The lowest BCUT2D eigenvalue weighted by Gasteiger charge is -2.25. The standard InChI is InChI=1S/C18H25N3O2/c1-11-6-12(2)8-14(7-11)21-20-13(3)15-9-19-18(4,5)17(15)16(23)10-22/h6-8,10,17,19-21H,9H2,1-5H3. The zero-order valence-electron chi connectivity index (χ0n) is 14.4. The Morgan fingerprint density at radius 2 is 1.87 bits per heavy atom. The molecule has 0 spiro atoms. The second-order valence-corrected chi connectivity index (χ2v) is 6.81. The zero-order chi connectivity index (χ0) is 17.2. The fourth-order valence-electron chi connectivity index (χ4n) is 3.20. The molecule has 1 fully saturated rings. The number of hydrogen-bond acceptors (Lipinski definition) is 5. The number of benzene rings is 1. The number of anilines is 1. The molecule has 1 aliphatic rings. The molecule has 124 valence electrons. The van der Waals surface area contributed by atoms with Gasteiger partial charge in [-0.15, -0.1) is 0 Å². The van der Waals surface area contributed by atoms with Crippen molar-refractivity contribution in [1.82, 2.24) is 10.7 Å². The van der Waals surface area contributed by atoms with Gasteiger partial charge in [0.1, 0.15) is 0 Å². The van der Waals surface area contributed by atoms with E-state index >= 15 is 0 Å². The van der Waals surface area contributed by atoms with Crippen LogP contribution in [0.1, 0.15) is 31.9 Å². The van der Waals surface area contributed by atoms with Gasteiger partial charge < -0.3 is 16.2 Å². The Balaban J connectivity index is 2.20. The maximum absolute atomic E-state index is 12.0. The molecule has 23 heavy (non-hydrogen) atoms. The van der Waals surface area contributed by atoms with Crippen molar-refractivity contribution < 1.29 is 9.59 Å². The highest BCUT2D eigenvalue weighted by atomic mass is 16.2. The second kappa shape index (κ2) is 6.54. The van der Waals surface area contributed by atoms with Gasteiger partial charge in [0, 0.05) is 17.8 Å². The van der Waals surface area contributed by atoms with Crippen molar-refractivity contribution in [2.24, 2.45) is 5.92 Å². The average molecular weight is 315 g/mol. The monoisotopic (exact) mass is 315 g/mol. The highest BCUT2D eigenvalue weighted by Gasteiger charge is 2.43. The number of rotatable bonds is 5. The van der Waals surface area contributed by atoms with Crippen molar-refractivity contribution >= 4 is 17.8 Å². The van der Waals surface area contributed by atoms with Crippen molar-refractivity contribution in [3.63, 3.8) is 0 Å². The van der Waals surface area contributed by atoms with Gasteiger partial charge >= 0.3 is 0 Å². The number of ketones is 1. The molecular formula is C18H25N3O2. The van der Waals surface area contributed by atoms with E-state index < -0.39 is 11.5 Å². The van der Waals surface area contributed by atoms with Crippen LogP contribution < -0.4 is 16.2 Å². The third-order valence-corrected chi connectivity index (χ3v) is 4.30. The van der Waals surface area contributed by atoms with E-state index in [1.165, 1.54) is 11.1 Å². The Morgan fingerprint density at radius 3 is 2.43 bits per heavy atom. The Morgan fingerprint density at radius 1 is 1.26 bits per heavy atom. The van der Waals surface area contributed by atoms with Crippen molar-refractivity contribution in [1.29, 1.82) is 0 Å². The molecule has 3 N–H and O–H groups in total. The summed E-state index contributed by atoms with van der Waals surface area (Å²) >= 11 is 0. The second-order valence-electron chi connectivity index (χ2n) is 6.81. The average Bonchev–Trinajstić information content (AvgIpc) is 2.78. The molecule has 1 aromatic carbocycles. The molecular weight excluding hydrogens is 290 g/mol. The van der Waals surface area contributed by atoms with Gasteiger partial charge in [-0.25, -0.2) is 0 Å². The van der Waals surface area contributed by atoms with Gasteiger partial charge in [0.2, 0.25) is 5.78 Å². The zero-order valence-corrected chi connectivity index (χ0v) is 14.4. The SMILES string of the molecule is CC(NNc1cc(C)cc(C)c1)=C1CNC(C)(C)C1C(=O)C=O. The largest absolute Gasteiger partial charge is 0.307 e. The maximum Gasteiger partial charge on any atom is 0.204 e. The molecule has 2 rings (SSSR count). The predicted molar refractivity (Wildman–Crippen MR) is 92.0 cm³/mol. The van der Waals surface area contributed by atoms with Crippen LogP contribution in [0.3, 0.4) is 0 Å². The van der Waals surface area contributed by atoms with Crippen molar-refractivity contribution in [3.05, 3.63) is 40.6 Å². The van der Waals surface area contributed by atoms with E-state index in [9.17, 15) is 9.59 Å². The maximum atomic E-state index is 12.0. The summed E-state index contributed by atoms with van der Waals surface area (Å²) in [6.45, 7) is 10.5. The molecule has 1 aromatic rings. The first-order chi connectivity index (χ1) is 10.7. The lowest BCUT2D eigenvalue weighted by Crippen LogP contribution is -2.42. The predicted octanol–water partition coefficient (Wildman–Crippen LogP) is 2.26. The summed E-state index contributed by atoms with van der Waals surface area (Å²) in [5.74, 6) is -0.823. The Bertz CT molecular complexity index is 642. The number of aldehydes is 1. The topological polar surface area (TPSA) is 70.2 Å². The van der Waals surface area contributed by atoms with Crippen molar-refractivity contribution in [2.75, 3.05) is 12.0 Å². The Hall–Kier alpha value is -2.14. The lowest BCUT2D eigenvalue weighted by atomic mass is 9.82. The molecule has 5 nitrogen and oxygen atoms in total. The van der Waals surface area contributed by atoms with E-state index in [-0.39, 0.29) is 5.78 Å². The summed E-state index contributed by atoms with van der Waals surface area (Å²) in [5.41, 5.74) is 11.0. The molecule has 0 saturated carbocycles. The number of hydrogen-bond donors (Lipinski definition) is 3. The normalized spacial score (nSPS) is 21.7. The summed E-state index contributed by atoms with van der Waals surface area (Å²) in [4.78, 5) is 23.0. The number of carbonyl (C=O) groups is 2. The first kappa shape index (κ1) is 17.2. The molecule has 0 radical (unpaired) electrons. The molecule has 0 aromatic heterocycles. The molecule has 0 aliphatic carbocycles. The summed E-state index contributed by atoms with van der Waals surface area (Å²) in [6, 6.07) is 6.20. The van der Waals surface area contributed by atoms with Crippen LogP contribution in [0.15, 0.2) is 29.5 Å². The first-order valence-electron chi connectivity index (χ1n) is 7.78. The van der Waals surface area contributed by atoms with Crippen LogP contribution in [-0.4, -0.2) is 24.2 Å². The van der Waals surface area contributed by atoms with Gasteiger partial charge in [0.25, 0.3) is 0 Å². The van der Waals surface area contributed by atoms with Gasteiger partial charge in [0.05, 0.1) is 11.6 Å². The van der Waals surface area contributed by atoms with Gasteiger partial charge in [-0.3, -0.25) is 9.59 Å². The molecule has 1 unspecified atom stereocenters. The highest BCUT2D eigenvalue weighted by Crippen LogP contribution is 2.32. The van der Waals surface area contributed by atoms with E-state index in [1.54, 1.807) is 0 Å². The van der Waals surface area contributed by atoms with Crippen LogP contribution in [0.25, 0.3) is 0 Å². The lowest BCUT2D eigenvalue weighted by molar-refractivity contribution is -0.132. The fraction of sp³-hybridized carbons (Fsp3) is 0.444. The van der Waals surface area contributed by atoms with Crippen LogP contribution in [0.4, 0.5) is 5.69 Å². The van der Waals surface area contributed by atoms with Crippen molar-refractivity contribution in [2.45, 2.75) is 40.2 Å². The van der Waals surface area contributed by atoms with E-state index in [0.717, 1.165) is 17.0 Å². The first-order valence-corrected chi connectivity index (χ1v) is 7.78. The van der Waals surface area contributed by atoms with E-state index in [2.05, 4.69) is 22.2 Å². The third-order valence-electron chi connectivity index (χ3n) is 4.30. The number of hydrazine groups is 1. The smallest absolute Gasteiger partial charge is 0.204 e. The summed E-state index contributed by atoms with van der Waals surface area (Å²) in [6.07, 6.45) is 0.421. The molecule has 1 aliphatic heterocycles. The van der Waals surface area contributed by atoms with Crippen LogP contribution in [-0.2, 0) is 9.59 Å². The molecule has 1 saturated heterocycles. The quantitative estimate of drug-likeness (QED) is 0.442. The van der Waals surface area contributed by atoms with Gasteiger partial charge in [-0.2, -0.15) is 0 Å². The summed E-state index contributed by atoms with van der Waals surface area (Å²) in [5, 5.41) is 3.30. The fourth-order valence-corrected chi connectivity index (χ4v) is 3.20. The van der Waals surface area contributed by atoms with Gasteiger partial charge in [0.15, 0.2) is 6.29 Å². The van der Waals surface area contributed by atoms with E-state index in [0.29, 0.717) is 12.8 Å². The minimum atomic E-state index is -0.437. The van der Waals surface area contributed by atoms with Crippen LogP contribution in [0.5, 0.6) is 0 Å².